The summed E-state index contributed by atoms with van der Waals surface area (Å²) in [5.74, 6) is 0.986. The molecule has 0 aromatic carbocycles. The van der Waals surface area contributed by atoms with E-state index in [0.29, 0.717) is 12.1 Å². The summed E-state index contributed by atoms with van der Waals surface area (Å²) in [7, 11) is 1.76. The summed E-state index contributed by atoms with van der Waals surface area (Å²) in [4.78, 5) is 15.0. The quantitative estimate of drug-likeness (QED) is 0.728. The van der Waals surface area contributed by atoms with Crippen molar-refractivity contribution < 1.29 is 9.53 Å². The lowest BCUT2D eigenvalue weighted by Gasteiger charge is -2.32. The van der Waals surface area contributed by atoms with Crippen molar-refractivity contribution >= 4 is 5.91 Å². The lowest BCUT2D eigenvalue weighted by Crippen LogP contribution is -2.50. The van der Waals surface area contributed by atoms with Crippen LogP contribution in [0.1, 0.15) is 51.4 Å². The van der Waals surface area contributed by atoms with E-state index in [-0.39, 0.29) is 11.9 Å². The lowest BCUT2D eigenvalue weighted by atomic mass is 9.85. The van der Waals surface area contributed by atoms with E-state index in [0.717, 1.165) is 57.8 Å². The molecule has 2 aliphatic heterocycles. The third-order valence-corrected chi connectivity index (χ3v) is 5.94. The SMILES string of the molecule is COCCCN1CCC(NC(=O)C2CC3CCCCC3N2)CC1. The number of piperidine rings is 1. The summed E-state index contributed by atoms with van der Waals surface area (Å²) in [5, 5.41) is 6.89. The van der Waals surface area contributed by atoms with Crippen molar-refractivity contribution in [3.8, 4) is 0 Å². The Morgan fingerprint density at radius 3 is 2.74 bits per heavy atom. The first-order valence-corrected chi connectivity index (χ1v) is 9.54. The third-order valence-electron chi connectivity index (χ3n) is 5.94. The maximum absolute atomic E-state index is 12.5. The lowest BCUT2D eigenvalue weighted by molar-refractivity contribution is -0.123. The highest BCUT2D eigenvalue weighted by Gasteiger charge is 2.38. The van der Waals surface area contributed by atoms with Crippen molar-refractivity contribution in [3.05, 3.63) is 0 Å². The number of fused-ring (bicyclic) bond motifs is 1. The minimum absolute atomic E-state index is 0.0582. The van der Waals surface area contributed by atoms with Gasteiger partial charge in [0.25, 0.3) is 0 Å². The van der Waals surface area contributed by atoms with Crippen LogP contribution in [0.2, 0.25) is 0 Å². The van der Waals surface area contributed by atoms with Crippen LogP contribution in [0.25, 0.3) is 0 Å². The average Bonchev–Trinajstić information content (AvgIpc) is 3.01. The molecule has 23 heavy (non-hydrogen) atoms. The molecule has 1 saturated carbocycles. The molecule has 0 spiro atoms. The highest BCUT2D eigenvalue weighted by molar-refractivity contribution is 5.82. The van der Waals surface area contributed by atoms with Crippen molar-refractivity contribution in [2.75, 3.05) is 33.4 Å². The third kappa shape index (κ3) is 4.68. The van der Waals surface area contributed by atoms with Crippen molar-refractivity contribution in [2.24, 2.45) is 5.92 Å². The van der Waals surface area contributed by atoms with E-state index in [9.17, 15) is 4.79 Å². The minimum atomic E-state index is 0.0582. The molecule has 0 aromatic rings. The molecule has 3 atom stereocenters. The van der Waals surface area contributed by atoms with Crippen LogP contribution in [0.4, 0.5) is 0 Å². The molecule has 3 fully saturated rings. The number of carbonyl (C=O) groups excluding carboxylic acids is 1. The van der Waals surface area contributed by atoms with Gasteiger partial charge < -0.3 is 20.3 Å². The van der Waals surface area contributed by atoms with E-state index < -0.39 is 0 Å². The molecule has 2 N–H and O–H groups in total. The zero-order chi connectivity index (χ0) is 16.1. The molecule has 132 valence electrons. The van der Waals surface area contributed by atoms with Gasteiger partial charge in [-0.1, -0.05) is 12.8 Å². The molecular weight excluding hydrogens is 290 g/mol. The predicted molar refractivity (Wildman–Crippen MR) is 91.4 cm³/mol. The van der Waals surface area contributed by atoms with Crippen molar-refractivity contribution in [2.45, 2.75) is 69.5 Å². The second kappa shape index (κ2) is 8.45. The number of rotatable bonds is 6. The van der Waals surface area contributed by atoms with E-state index >= 15 is 0 Å². The number of nitrogens with zero attached hydrogens (tertiary/aromatic N) is 1. The van der Waals surface area contributed by atoms with E-state index in [1.165, 1.54) is 25.7 Å². The van der Waals surface area contributed by atoms with Gasteiger partial charge in [0.2, 0.25) is 5.91 Å². The van der Waals surface area contributed by atoms with Crippen molar-refractivity contribution in [1.29, 1.82) is 0 Å². The van der Waals surface area contributed by atoms with Gasteiger partial charge in [0.1, 0.15) is 0 Å². The van der Waals surface area contributed by atoms with E-state index in [1.807, 2.05) is 0 Å². The number of hydrogen-bond acceptors (Lipinski definition) is 4. The zero-order valence-corrected chi connectivity index (χ0v) is 14.6. The molecule has 3 aliphatic rings. The summed E-state index contributed by atoms with van der Waals surface area (Å²) in [6.45, 7) is 4.14. The molecule has 0 aromatic heterocycles. The Bertz CT molecular complexity index is 368. The average molecular weight is 323 g/mol. The zero-order valence-electron chi connectivity index (χ0n) is 14.6. The number of hydrogen-bond donors (Lipinski definition) is 2. The fraction of sp³-hybridized carbons (Fsp3) is 0.944. The van der Waals surface area contributed by atoms with Crippen molar-refractivity contribution in [1.82, 2.24) is 15.5 Å². The topological polar surface area (TPSA) is 53.6 Å². The molecule has 0 radical (unpaired) electrons. The Morgan fingerprint density at radius 1 is 1.22 bits per heavy atom. The summed E-state index contributed by atoms with van der Waals surface area (Å²) < 4.78 is 5.11. The van der Waals surface area contributed by atoms with Crippen LogP contribution in [0.15, 0.2) is 0 Å². The van der Waals surface area contributed by atoms with Crippen LogP contribution in [-0.2, 0) is 9.53 Å². The van der Waals surface area contributed by atoms with Gasteiger partial charge in [-0.3, -0.25) is 4.79 Å². The largest absolute Gasteiger partial charge is 0.385 e. The summed E-state index contributed by atoms with van der Waals surface area (Å²) in [6.07, 6.45) is 9.55. The Kier molecular flexibility index (Phi) is 6.31. The Balaban J connectivity index is 1.36. The molecule has 3 rings (SSSR count). The summed E-state index contributed by atoms with van der Waals surface area (Å²) in [5.41, 5.74) is 0. The number of nitrogens with one attached hydrogen (secondary N) is 2. The standard InChI is InChI=1S/C18H33N3O2/c1-23-12-4-9-21-10-7-15(8-11-21)19-18(22)17-13-14-5-2-3-6-16(14)20-17/h14-17,20H,2-13H2,1H3,(H,19,22). The second-order valence-corrected chi connectivity index (χ2v) is 7.58. The second-order valence-electron chi connectivity index (χ2n) is 7.58. The van der Waals surface area contributed by atoms with Gasteiger partial charge in [-0.05, 0) is 44.4 Å². The Hall–Kier alpha value is -0.650. The smallest absolute Gasteiger partial charge is 0.237 e. The van der Waals surface area contributed by atoms with Gasteiger partial charge in [0, 0.05) is 45.4 Å². The molecule has 2 saturated heterocycles. The minimum Gasteiger partial charge on any atom is -0.385 e. The van der Waals surface area contributed by atoms with Gasteiger partial charge in [-0.25, -0.2) is 0 Å². The first-order chi connectivity index (χ1) is 11.3. The number of carbonyl (C=O) groups is 1. The van der Waals surface area contributed by atoms with Crippen molar-refractivity contribution in [3.63, 3.8) is 0 Å². The molecule has 5 nitrogen and oxygen atoms in total. The van der Waals surface area contributed by atoms with Crippen LogP contribution in [-0.4, -0.2) is 62.3 Å². The van der Waals surface area contributed by atoms with Gasteiger partial charge in [-0.2, -0.15) is 0 Å². The molecular formula is C18H33N3O2. The number of methoxy groups -OCH3 is 1. The van der Waals surface area contributed by atoms with Crippen LogP contribution in [0.3, 0.4) is 0 Å². The van der Waals surface area contributed by atoms with E-state index in [4.69, 9.17) is 4.74 Å². The summed E-state index contributed by atoms with van der Waals surface area (Å²) >= 11 is 0. The monoisotopic (exact) mass is 323 g/mol. The maximum Gasteiger partial charge on any atom is 0.237 e. The highest BCUT2D eigenvalue weighted by Crippen LogP contribution is 2.33. The Labute approximate surface area is 140 Å². The predicted octanol–water partition coefficient (Wildman–Crippen LogP) is 1.52. The number of likely N-dealkylation sites (tertiary alicyclic amines) is 1. The van der Waals surface area contributed by atoms with Gasteiger partial charge in [0.15, 0.2) is 0 Å². The molecule has 1 aliphatic carbocycles. The molecule has 0 bridgehead atoms. The first kappa shape index (κ1) is 17.2. The Morgan fingerprint density at radius 2 is 2.00 bits per heavy atom. The molecule has 1 amide bonds. The molecule has 3 unspecified atom stereocenters. The fourth-order valence-corrected chi connectivity index (χ4v) is 4.56. The first-order valence-electron chi connectivity index (χ1n) is 9.54. The summed E-state index contributed by atoms with van der Waals surface area (Å²) in [6, 6.07) is 1.02. The highest BCUT2D eigenvalue weighted by atomic mass is 16.5. The fourth-order valence-electron chi connectivity index (χ4n) is 4.56. The normalized spacial score (nSPS) is 32.7. The van der Waals surface area contributed by atoms with E-state index in [1.54, 1.807) is 7.11 Å². The molecule has 5 heteroatoms. The van der Waals surface area contributed by atoms with Crippen LogP contribution < -0.4 is 10.6 Å². The van der Waals surface area contributed by atoms with Crippen LogP contribution in [0, 0.1) is 5.92 Å². The van der Waals surface area contributed by atoms with E-state index in [2.05, 4.69) is 15.5 Å². The van der Waals surface area contributed by atoms with Crippen LogP contribution >= 0.6 is 0 Å². The molecule has 2 heterocycles. The maximum atomic E-state index is 12.5. The number of ether oxygens (including phenoxy) is 1. The van der Waals surface area contributed by atoms with Gasteiger partial charge in [-0.15, -0.1) is 0 Å². The van der Waals surface area contributed by atoms with Gasteiger partial charge in [0.05, 0.1) is 6.04 Å². The van der Waals surface area contributed by atoms with Gasteiger partial charge >= 0.3 is 0 Å². The van der Waals surface area contributed by atoms with Crippen LogP contribution in [0.5, 0.6) is 0 Å². The number of amides is 1.